The average molecular weight is 236 g/mol. The van der Waals surface area contributed by atoms with Gasteiger partial charge in [0.1, 0.15) is 0 Å². The second-order valence-corrected chi connectivity index (χ2v) is 3.93. The number of rotatable bonds is 1. The largest absolute Gasteiger partial charge is 0.446 e. The van der Waals surface area contributed by atoms with Crippen molar-refractivity contribution in [3.8, 4) is 0 Å². The highest BCUT2D eigenvalue weighted by molar-refractivity contribution is 8.00. The first-order valence-corrected chi connectivity index (χ1v) is 5.53. The van der Waals surface area contributed by atoms with Crippen molar-refractivity contribution in [3.63, 3.8) is 0 Å². The van der Waals surface area contributed by atoms with Crippen molar-refractivity contribution < 1.29 is 13.2 Å². The Balaban J connectivity index is 0.000000921. The number of hydrogen-bond acceptors (Lipinski definition) is 1. The predicted octanol–water partition coefficient (Wildman–Crippen LogP) is 4.94. The number of halogens is 3. The lowest BCUT2D eigenvalue weighted by atomic mass is 10.1. The van der Waals surface area contributed by atoms with Gasteiger partial charge in [-0.25, -0.2) is 0 Å². The summed E-state index contributed by atoms with van der Waals surface area (Å²) in [5.74, 6) is 0. The Morgan fingerprint density at radius 3 is 1.93 bits per heavy atom. The first-order chi connectivity index (χ1) is 6.88. The van der Waals surface area contributed by atoms with Gasteiger partial charge in [-0.3, -0.25) is 0 Å². The molecule has 0 aliphatic rings. The molecule has 0 fully saturated rings. The highest BCUT2D eigenvalue weighted by atomic mass is 32.2. The molecular weight excluding hydrogens is 221 g/mol. The monoisotopic (exact) mass is 236 g/mol. The minimum Gasteiger partial charge on any atom is -0.160 e. The van der Waals surface area contributed by atoms with E-state index in [1.807, 2.05) is 20.8 Å². The molecule has 0 nitrogen and oxygen atoms in total. The molecule has 0 amide bonds. The second kappa shape index (κ2) is 6.05. The maximum atomic E-state index is 11.9. The van der Waals surface area contributed by atoms with Crippen LogP contribution in [0.1, 0.15) is 25.0 Å². The Bertz CT molecular complexity index is 305. The highest BCUT2D eigenvalue weighted by Gasteiger charge is 2.29. The quantitative estimate of drug-likeness (QED) is 0.622. The van der Waals surface area contributed by atoms with E-state index >= 15 is 0 Å². The van der Waals surface area contributed by atoms with Crippen LogP contribution in [0, 0.1) is 13.8 Å². The Morgan fingerprint density at radius 1 is 1.00 bits per heavy atom. The molecule has 1 aromatic carbocycles. The van der Waals surface area contributed by atoms with Crippen LogP contribution in [-0.2, 0) is 0 Å². The van der Waals surface area contributed by atoms with Crippen molar-refractivity contribution >= 4 is 11.8 Å². The molecule has 0 unspecified atom stereocenters. The summed E-state index contributed by atoms with van der Waals surface area (Å²) in [6, 6.07) is 4.73. The smallest absolute Gasteiger partial charge is 0.160 e. The molecule has 0 atom stereocenters. The number of hydrogen-bond donors (Lipinski definition) is 0. The summed E-state index contributed by atoms with van der Waals surface area (Å²) in [6.45, 7) is 7.67. The summed E-state index contributed by atoms with van der Waals surface area (Å²) < 4.78 is 35.8. The minimum atomic E-state index is -4.19. The zero-order valence-electron chi connectivity index (χ0n) is 9.27. The normalized spacial score (nSPS) is 10.6. The third-order valence-electron chi connectivity index (χ3n) is 1.71. The van der Waals surface area contributed by atoms with Crippen LogP contribution in [0.15, 0.2) is 23.1 Å². The van der Waals surface area contributed by atoms with E-state index in [0.29, 0.717) is 0 Å². The molecule has 0 N–H and O–H groups in total. The fraction of sp³-hybridized carbons (Fsp3) is 0.455. The van der Waals surface area contributed by atoms with E-state index in [4.69, 9.17) is 0 Å². The maximum absolute atomic E-state index is 11.9. The number of aryl methyl sites for hydroxylation is 2. The zero-order valence-corrected chi connectivity index (χ0v) is 10.1. The van der Waals surface area contributed by atoms with E-state index < -0.39 is 5.51 Å². The Labute approximate surface area is 92.9 Å². The number of alkyl halides is 3. The molecule has 0 bridgehead atoms. The van der Waals surface area contributed by atoms with Crippen LogP contribution in [0.25, 0.3) is 0 Å². The molecule has 4 heteroatoms. The van der Waals surface area contributed by atoms with E-state index in [0.717, 1.165) is 11.1 Å². The van der Waals surface area contributed by atoms with Gasteiger partial charge in [-0.15, -0.1) is 0 Å². The molecular formula is C11H15F3S. The van der Waals surface area contributed by atoms with Gasteiger partial charge in [-0.2, -0.15) is 13.2 Å². The Morgan fingerprint density at radius 2 is 1.53 bits per heavy atom. The summed E-state index contributed by atoms with van der Waals surface area (Å²) in [7, 11) is 0. The fourth-order valence-electron chi connectivity index (χ4n) is 0.911. The van der Waals surface area contributed by atoms with Crippen LogP contribution in [0.5, 0.6) is 0 Å². The van der Waals surface area contributed by atoms with Crippen molar-refractivity contribution in [2.75, 3.05) is 0 Å². The molecule has 0 radical (unpaired) electrons. The SMILES string of the molecule is CC.Cc1ccc(SC(F)(F)F)cc1C. The minimum absolute atomic E-state index is 0.0764. The summed E-state index contributed by atoms with van der Waals surface area (Å²) in [5.41, 5.74) is -2.30. The van der Waals surface area contributed by atoms with Gasteiger partial charge < -0.3 is 0 Å². The van der Waals surface area contributed by atoms with E-state index in [1.54, 1.807) is 19.1 Å². The second-order valence-electron chi connectivity index (χ2n) is 2.79. The third-order valence-corrected chi connectivity index (χ3v) is 2.43. The lowest BCUT2D eigenvalue weighted by molar-refractivity contribution is -0.0328. The van der Waals surface area contributed by atoms with Crippen molar-refractivity contribution in [3.05, 3.63) is 29.3 Å². The third kappa shape index (κ3) is 5.72. The van der Waals surface area contributed by atoms with E-state index in [1.165, 1.54) is 6.07 Å². The summed E-state index contributed by atoms with van der Waals surface area (Å²) in [5, 5.41) is 0. The summed E-state index contributed by atoms with van der Waals surface area (Å²) in [6.07, 6.45) is 0. The summed E-state index contributed by atoms with van der Waals surface area (Å²) >= 11 is -0.0764. The van der Waals surface area contributed by atoms with Crippen LogP contribution in [0.4, 0.5) is 13.2 Å². The number of thioether (sulfide) groups is 1. The molecule has 0 saturated heterocycles. The Hall–Kier alpha value is -0.640. The van der Waals surface area contributed by atoms with Crippen molar-refractivity contribution in [2.24, 2.45) is 0 Å². The highest BCUT2D eigenvalue weighted by Crippen LogP contribution is 2.37. The molecule has 0 heterocycles. The van der Waals surface area contributed by atoms with Gasteiger partial charge in [0, 0.05) is 4.90 Å². The first kappa shape index (κ1) is 14.4. The first-order valence-electron chi connectivity index (χ1n) is 4.71. The topological polar surface area (TPSA) is 0 Å². The van der Waals surface area contributed by atoms with Crippen LogP contribution in [0.3, 0.4) is 0 Å². The van der Waals surface area contributed by atoms with Gasteiger partial charge in [0.15, 0.2) is 0 Å². The van der Waals surface area contributed by atoms with Gasteiger partial charge in [0.25, 0.3) is 0 Å². The van der Waals surface area contributed by atoms with Crippen molar-refractivity contribution in [1.29, 1.82) is 0 Å². The molecule has 1 rings (SSSR count). The average Bonchev–Trinajstić information content (AvgIpc) is 2.12. The lowest BCUT2D eigenvalue weighted by Gasteiger charge is -2.07. The Kier molecular flexibility index (Phi) is 5.80. The zero-order chi connectivity index (χ0) is 12.1. The van der Waals surface area contributed by atoms with Gasteiger partial charge in [-0.1, -0.05) is 19.9 Å². The standard InChI is InChI=1S/C9H9F3S.C2H6/c1-6-3-4-8(5-7(6)2)13-9(10,11)12;1-2/h3-5H,1-2H3;1-2H3. The van der Waals surface area contributed by atoms with Gasteiger partial charge in [-0.05, 0) is 48.9 Å². The van der Waals surface area contributed by atoms with E-state index in [2.05, 4.69) is 0 Å². The molecule has 1 aromatic rings. The number of benzene rings is 1. The van der Waals surface area contributed by atoms with Crippen molar-refractivity contribution in [2.45, 2.75) is 38.1 Å². The molecule has 0 aliphatic heterocycles. The maximum Gasteiger partial charge on any atom is 0.446 e. The van der Waals surface area contributed by atoms with E-state index in [9.17, 15) is 13.2 Å². The summed E-state index contributed by atoms with van der Waals surface area (Å²) in [4.78, 5) is 0.246. The molecule has 15 heavy (non-hydrogen) atoms. The molecule has 0 aliphatic carbocycles. The van der Waals surface area contributed by atoms with Crippen LogP contribution >= 0.6 is 11.8 Å². The van der Waals surface area contributed by atoms with Gasteiger partial charge in [0.2, 0.25) is 0 Å². The van der Waals surface area contributed by atoms with Crippen molar-refractivity contribution in [1.82, 2.24) is 0 Å². The van der Waals surface area contributed by atoms with E-state index in [-0.39, 0.29) is 16.7 Å². The van der Waals surface area contributed by atoms with Crippen LogP contribution in [-0.4, -0.2) is 5.51 Å². The van der Waals surface area contributed by atoms with Crippen LogP contribution in [0.2, 0.25) is 0 Å². The lowest BCUT2D eigenvalue weighted by Crippen LogP contribution is -1.99. The van der Waals surface area contributed by atoms with Gasteiger partial charge >= 0.3 is 5.51 Å². The molecule has 0 spiro atoms. The molecule has 86 valence electrons. The fourth-order valence-corrected chi connectivity index (χ4v) is 1.55. The van der Waals surface area contributed by atoms with Gasteiger partial charge in [0.05, 0.1) is 0 Å². The predicted molar refractivity (Wildman–Crippen MR) is 59.2 cm³/mol. The van der Waals surface area contributed by atoms with Crippen LogP contribution < -0.4 is 0 Å². The molecule has 0 saturated carbocycles. The molecule has 0 aromatic heterocycles.